The summed E-state index contributed by atoms with van der Waals surface area (Å²) in [5.74, 6) is 0.146. The third kappa shape index (κ3) is 6.53. The van der Waals surface area contributed by atoms with Gasteiger partial charge in [0.1, 0.15) is 0 Å². The Morgan fingerprint density at radius 3 is 2.07 bits per heavy atom. The molecule has 0 spiro atoms. The van der Waals surface area contributed by atoms with E-state index in [0.29, 0.717) is 11.8 Å². The second-order valence-corrected chi connectivity index (χ2v) is 6.11. The molecule has 1 amide bonds. The predicted octanol–water partition coefficient (Wildman–Crippen LogP) is 3.37. The molecule has 2 nitrogen and oxygen atoms in total. The van der Waals surface area contributed by atoms with Gasteiger partial charge in [0.2, 0.25) is 5.91 Å². The molecule has 0 saturated carbocycles. The fourth-order valence-electron chi connectivity index (χ4n) is 2.65. The van der Waals surface area contributed by atoms with Gasteiger partial charge in [0.15, 0.2) is 0 Å². The molecule has 0 aliphatic heterocycles. The van der Waals surface area contributed by atoms with E-state index in [4.69, 9.17) is 0 Å². The van der Waals surface area contributed by atoms with Gasteiger partial charge in [-0.3, -0.25) is 4.79 Å². The molecule has 1 N–H and O–H groups in total. The SMILES string of the molecule is CCCC(C)(C)CC(C)(C)CC(=O)NC. The first kappa shape index (κ1) is 14.5. The fraction of sp³-hybridized carbons (Fsp3) is 0.923. The Kier molecular flexibility index (Phi) is 5.33. The molecule has 0 heterocycles. The van der Waals surface area contributed by atoms with Gasteiger partial charge in [-0.25, -0.2) is 0 Å². The number of carbonyl (C=O) groups is 1. The Morgan fingerprint density at radius 2 is 1.67 bits per heavy atom. The average Bonchev–Trinajstić information content (AvgIpc) is 2.00. The topological polar surface area (TPSA) is 29.1 Å². The maximum absolute atomic E-state index is 11.4. The van der Waals surface area contributed by atoms with E-state index in [-0.39, 0.29) is 11.3 Å². The van der Waals surface area contributed by atoms with Crippen molar-refractivity contribution in [3.05, 3.63) is 0 Å². The van der Waals surface area contributed by atoms with Crippen LogP contribution >= 0.6 is 0 Å². The van der Waals surface area contributed by atoms with Crippen molar-refractivity contribution in [1.82, 2.24) is 5.32 Å². The highest BCUT2D eigenvalue weighted by Crippen LogP contribution is 2.38. The van der Waals surface area contributed by atoms with Crippen LogP contribution in [0.5, 0.6) is 0 Å². The van der Waals surface area contributed by atoms with Crippen LogP contribution in [-0.4, -0.2) is 13.0 Å². The Bertz CT molecular complexity index is 207. The molecule has 0 rings (SSSR count). The van der Waals surface area contributed by atoms with Crippen LogP contribution in [0.15, 0.2) is 0 Å². The van der Waals surface area contributed by atoms with Crippen molar-refractivity contribution in [3.8, 4) is 0 Å². The molecular weight excluding hydrogens is 186 g/mol. The average molecular weight is 213 g/mol. The van der Waals surface area contributed by atoms with Crippen LogP contribution in [0.2, 0.25) is 0 Å². The van der Waals surface area contributed by atoms with Crippen molar-refractivity contribution in [3.63, 3.8) is 0 Å². The second kappa shape index (κ2) is 5.53. The minimum absolute atomic E-state index is 0.0960. The molecule has 0 bridgehead atoms. The van der Waals surface area contributed by atoms with Gasteiger partial charge in [-0.05, 0) is 23.7 Å². The number of rotatable bonds is 6. The molecule has 0 atom stereocenters. The van der Waals surface area contributed by atoms with Gasteiger partial charge in [0.25, 0.3) is 0 Å². The Morgan fingerprint density at radius 1 is 1.13 bits per heavy atom. The van der Waals surface area contributed by atoms with Crippen molar-refractivity contribution in [2.75, 3.05) is 7.05 Å². The first-order valence-corrected chi connectivity index (χ1v) is 5.93. The van der Waals surface area contributed by atoms with Crippen LogP contribution in [0.1, 0.15) is 60.3 Å². The quantitative estimate of drug-likeness (QED) is 0.720. The number of amides is 1. The Labute approximate surface area is 94.8 Å². The zero-order chi connectivity index (χ0) is 12.1. The minimum atomic E-state index is 0.0960. The van der Waals surface area contributed by atoms with E-state index < -0.39 is 0 Å². The van der Waals surface area contributed by atoms with Gasteiger partial charge < -0.3 is 5.32 Å². The third-order valence-corrected chi connectivity index (χ3v) is 2.80. The predicted molar refractivity (Wildman–Crippen MR) is 65.8 cm³/mol. The first-order valence-electron chi connectivity index (χ1n) is 5.93. The molecule has 0 aromatic carbocycles. The molecule has 0 fully saturated rings. The summed E-state index contributed by atoms with van der Waals surface area (Å²) < 4.78 is 0. The van der Waals surface area contributed by atoms with E-state index in [1.807, 2.05) is 0 Å². The van der Waals surface area contributed by atoms with Crippen LogP contribution < -0.4 is 5.32 Å². The van der Waals surface area contributed by atoms with Gasteiger partial charge in [-0.1, -0.05) is 41.0 Å². The smallest absolute Gasteiger partial charge is 0.220 e. The number of hydrogen-bond donors (Lipinski definition) is 1. The molecule has 0 saturated heterocycles. The standard InChI is InChI=1S/C13H27NO/c1-7-8-12(2,3)10-13(4,5)9-11(15)14-6/h7-10H2,1-6H3,(H,14,15). The van der Waals surface area contributed by atoms with Gasteiger partial charge in [-0.2, -0.15) is 0 Å². The highest BCUT2D eigenvalue weighted by molar-refractivity contribution is 5.76. The van der Waals surface area contributed by atoms with E-state index in [1.54, 1.807) is 7.05 Å². The van der Waals surface area contributed by atoms with Gasteiger partial charge in [-0.15, -0.1) is 0 Å². The van der Waals surface area contributed by atoms with Crippen molar-refractivity contribution >= 4 is 5.91 Å². The largest absolute Gasteiger partial charge is 0.359 e. The van der Waals surface area contributed by atoms with Gasteiger partial charge in [0, 0.05) is 13.5 Å². The summed E-state index contributed by atoms with van der Waals surface area (Å²) in [6.07, 6.45) is 4.16. The summed E-state index contributed by atoms with van der Waals surface area (Å²) in [5, 5.41) is 2.70. The minimum Gasteiger partial charge on any atom is -0.359 e. The Hall–Kier alpha value is -0.530. The normalized spacial score (nSPS) is 12.7. The van der Waals surface area contributed by atoms with Crippen molar-refractivity contribution in [2.24, 2.45) is 10.8 Å². The summed E-state index contributed by atoms with van der Waals surface area (Å²) in [5.41, 5.74) is 0.436. The molecule has 0 radical (unpaired) electrons. The molecule has 0 aliphatic carbocycles. The molecule has 0 unspecified atom stereocenters. The maximum Gasteiger partial charge on any atom is 0.220 e. The van der Waals surface area contributed by atoms with E-state index in [2.05, 4.69) is 39.9 Å². The summed E-state index contributed by atoms with van der Waals surface area (Å²) in [6, 6.07) is 0. The molecule has 0 aromatic heterocycles. The van der Waals surface area contributed by atoms with E-state index >= 15 is 0 Å². The molecule has 90 valence electrons. The monoisotopic (exact) mass is 213 g/mol. The zero-order valence-electron chi connectivity index (χ0n) is 11.2. The van der Waals surface area contributed by atoms with E-state index in [9.17, 15) is 4.79 Å². The molecular formula is C13H27NO. The summed E-state index contributed by atoms with van der Waals surface area (Å²) in [6.45, 7) is 11.2. The summed E-state index contributed by atoms with van der Waals surface area (Å²) in [4.78, 5) is 11.4. The van der Waals surface area contributed by atoms with Crippen LogP contribution in [0.3, 0.4) is 0 Å². The lowest BCUT2D eigenvalue weighted by Gasteiger charge is -2.34. The second-order valence-electron chi connectivity index (χ2n) is 6.11. The van der Waals surface area contributed by atoms with Gasteiger partial charge >= 0.3 is 0 Å². The lowest BCUT2D eigenvalue weighted by atomic mass is 9.71. The van der Waals surface area contributed by atoms with Crippen LogP contribution in [0.4, 0.5) is 0 Å². The van der Waals surface area contributed by atoms with Crippen LogP contribution in [-0.2, 0) is 4.79 Å². The summed E-state index contributed by atoms with van der Waals surface area (Å²) >= 11 is 0. The van der Waals surface area contributed by atoms with E-state index in [1.165, 1.54) is 12.8 Å². The molecule has 0 aliphatic rings. The van der Waals surface area contributed by atoms with Crippen molar-refractivity contribution in [2.45, 2.75) is 60.3 Å². The maximum atomic E-state index is 11.4. The van der Waals surface area contributed by atoms with Gasteiger partial charge in [0.05, 0.1) is 0 Å². The number of hydrogen-bond acceptors (Lipinski definition) is 1. The first-order chi connectivity index (χ1) is 6.72. The Balaban J connectivity index is 4.29. The van der Waals surface area contributed by atoms with E-state index in [0.717, 1.165) is 6.42 Å². The highest BCUT2D eigenvalue weighted by atomic mass is 16.1. The molecule has 15 heavy (non-hydrogen) atoms. The van der Waals surface area contributed by atoms with Crippen molar-refractivity contribution in [1.29, 1.82) is 0 Å². The van der Waals surface area contributed by atoms with Crippen LogP contribution in [0, 0.1) is 10.8 Å². The fourth-order valence-corrected chi connectivity index (χ4v) is 2.65. The summed E-state index contributed by atoms with van der Waals surface area (Å²) in [7, 11) is 1.70. The lowest BCUT2D eigenvalue weighted by Crippen LogP contribution is -2.29. The molecule has 0 aromatic rings. The third-order valence-electron chi connectivity index (χ3n) is 2.80. The lowest BCUT2D eigenvalue weighted by molar-refractivity contribution is -0.122. The number of carbonyl (C=O) groups excluding carboxylic acids is 1. The highest BCUT2D eigenvalue weighted by Gasteiger charge is 2.29. The zero-order valence-corrected chi connectivity index (χ0v) is 11.2. The molecule has 2 heteroatoms. The van der Waals surface area contributed by atoms with Crippen molar-refractivity contribution < 1.29 is 4.79 Å². The number of nitrogens with one attached hydrogen (secondary N) is 1. The van der Waals surface area contributed by atoms with Crippen LogP contribution in [0.25, 0.3) is 0 Å².